The van der Waals surface area contributed by atoms with Gasteiger partial charge in [0.1, 0.15) is 0 Å². The van der Waals surface area contributed by atoms with Crippen molar-refractivity contribution >= 4 is 6.29 Å². The lowest BCUT2D eigenvalue weighted by Gasteiger charge is -2.00. The van der Waals surface area contributed by atoms with Gasteiger partial charge in [-0.15, -0.1) is 6.58 Å². The molecule has 0 amide bonds. The smallest absolute Gasteiger partial charge is 0.216 e. The maximum atomic E-state index is 9.96. The first kappa shape index (κ1) is 10.4. The zero-order valence-electron chi connectivity index (χ0n) is 6.88. The molecule has 0 bridgehead atoms. The Balaban J connectivity index is 3.01. The summed E-state index contributed by atoms with van der Waals surface area (Å²) in [6.07, 6.45) is 8.78. The summed E-state index contributed by atoms with van der Waals surface area (Å²) in [5.41, 5.74) is 5.34. The van der Waals surface area contributed by atoms with Gasteiger partial charge in [-0.25, -0.2) is 0 Å². The number of hydrogen-bond acceptors (Lipinski definition) is 2. The zero-order chi connectivity index (χ0) is 8.53. The van der Waals surface area contributed by atoms with Gasteiger partial charge in [-0.05, 0) is 19.3 Å². The Morgan fingerprint density at radius 1 is 1.45 bits per heavy atom. The van der Waals surface area contributed by atoms with Crippen molar-refractivity contribution in [3.63, 3.8) is 0 Å². The highest BCUT2D eigenvalue weighted by Crippen LogP contribution is 2.03. The molecule has 0 aromatic heterocycles. The molecule has 0 saturated heterocycles. The normalized spacial score (nSPS) is 12.5. The molecule has 0 saturated carbocycles. The second-order valence-corrected chi connectivity index (χ2v) is 2.65. The van der Waals surface area contributed by atoms with E-state index in [0.29, 0.717) is 0 Å². The molecule has 0 aromatic rings. The highest BCUT2D eigenvalue weighted by molar-refractivity contribution is 5.57. The number of carbonyl (C=O) groups excluding carboxylic acids is 1. The Hall–Kier alpha value is -0.630. The Bertz CT molecular complexity index is 112. The van der Waals surface area contributed by atoms with Crippen LogP contribution in [0.25, 0.3) is 0 Å². The average molecular weight is 154 g/mol. The number of hydrogen-bond donors (Lipinski definition) is 1. The van der Waals surface area contributed by atoms with E-state index in [1.165, 1.54) is 0 Å². The van der Waals surface area contributed by atoms with E-state index in [2.05, 4.69) is 6.58 Å². The van der Waals surface area contributed by atoms with Crippen molar-refractivity contribution in [2.75, 3.05) is 0 Å². The van der Waals surface area contributed by atoms with E-state index in [9.17, 15) is 4.79 Å². The molecule has 0 aliphatic heterocycles. The maximum absolute atomic E-state index is 9.96. The van der Waals surface area contributed by atoms with Crippen LogP contribution in [0.1, 0.15) is 32.1 Å². The van der Waals surface area contributed by atoms with Crippen molar-refractivity contribution in [1.82, 2.24) is 0 Å². The van der Waals surface area contributed by atoms with Crippen LogP contribution in [0, 0.1) is 0 Å². The third-order valence-corrected chi connectivity index (χ3v) is 1.57. The molecule has 0 heterocycles. The van der Waals surface area contributed by atoms with Gasteiger partial charge in [0.15, 0.2) is 0 Å². The van der Waals surface area contributed by atoms with Gasteiger partial charge in [-0.1, -0.05) is 18.9 Å². The fourth-order valence-corrected chi connectivity index (χ4v) is 0.889. The van der Waals surface area contributed by atoms with E-state index in [1.807, 2.05) is 6.08 Å². The molecule has 0 unspecified atom stereocenters. The molecule has 1 atom stereocenters. The Morgan fingerprint density at radius 3 is 2.73 bits per heavy atom. The number of rotatable bonds is 7. The fourth-order valence-electron chi connectivity index (χ4n) is 0.889. The van der Waals surface area contributed by atoms with Crippen LogP contribution in [0.2, 0.25) is 0 Å². The third kappa shape index (κ3) is 7.26. The Labute approximate surface area is 68.5 Å². The molecule has 2 heteroatoms. The molecule has 0 aliphatic carbocycles. The SMILES string of the molecule is C=CCCCCC[C@H](N)[C]=O. The van der Waals surface area contributed by atoms with Gasteiger partial charge in [-0.3, -0.25) is 4.79 Å². The van der Waals surface area contributed by atoms with Crippen LogP contribution in [0.3, 0.4) is 0 Å². The van der Waals surface area contributed by atoms with E-state index in [4.69, 9.17) is 5.73 Å². The minimum absolute atomic E-state index is 0.376. The molecule has 0 fully saturated rings. The molecule has 0 rings (SSSR count). The monoisotopic (exact) mass is 154 g/mol. The zero-order valence-corrected chi connectivity index (χ0v) is 6.88. The highest BCUT2D eigenvalue weighted by Gasteiger charge is 1.98. The quantitative estimate of drug-likeness (QED) is 0.446. The predicted octanol–water partition coefficient (Wildman–Crippen LogP) is 1.56. The molecule has 2 N–H and O–H groups in total. The summed E-state index contributed by atoms with van der Waals surface area (Å²) in [5.74, 6) is 0. The first-order chi connectivity index (χ1) is 5.31. The molecule has 11 heavy (non-hydrogen) atoms. The molecule has 2 nitrogen and oxygen atoms in total. The summed E-state index contributed by atoms with van der Waals surface area (Å²) < 4.78 is 0. The Morgan fingerprint density at radius 2 is 2.18 bits per heavy atom. The number of unbranched alkanes of at least 4 members (excludes halogenated alkanes) is 3. The van der Waals surface area contributed by atoms with Crippen molar-refractivity contribution in [1.29, 1.82) is 0 Å². The summed E-state index contributed by atoms with van der Waals surface area (Å²) in [4.78, 5) is 9.96. The minimum atomic E-state index is -0.376. The molecule has 0 aliphatic rings. The summed E-state index contributed by atoms with van der Waals surface area (Å²) in [7, 11) is 0. The van der Waals surface area contributed by atoms with Crippen LogP contribution in [-0.2, 0) is 4.79 Å². The van der Waals surface area contributed by atoms with Crippen molar-refractivity contribution in [3.8, 4) is 0 Å². The minimum Gasteiger partial charge on any atom is -0.321 e. The summed E-state index contributed by atoms with van der Waals surface area (Å²) in [6.45, 7) is 3.62. The van der Waals surface area contributed by atoms with Crippen molar-refractivity contribution in [2.24, 2.45) is 5.73 Å². The van der Waals surface area contributed by atoms with E-state index >= 15 is 0 Å². The standard InChI is InChI=1S/C9H16NO/c1-2-3-4-5-6-7-9(10)8-11/h2,9H,1,3-7,10H2/t9-/m0/s1. The molecule has 0 aromatic carbocycles. The average Bonchev–Trinajstić information content (AvgIpc) is 2.04. The van der Waals surface area contributed by atoms with Gasteiger partial charge in [0.25, 0.3) is 0 Å². The Kier molecular flexibility index (Phi) is 7.05. The maximum Gasteiger partial charge on any atom is 0.216 e. The molecular formula is C9H16NO. The van der Waals surface area contributed by atoms with E-state index in [0.717, 1.165) is 32.1 Å². The van der Waals surface area contributed by atoms with Gasteiger partial charge >= 0.3 is 0 Å². The van der Waals surface area contributed by atoms with Gasteiger partial charge in [-0.2, -0.15) is 0 Å². The van der Waals surface area contributed by atoms with Crippen LogP contribution in [0.5, 0.6) is 0 Å². The number of nitrogens with two attached hydrogens (primary N) is 1. The first-order valence-corrected chi connectivity index (χ1v) is 4.05. The highest BCUT2D eigenvalue weighted by atomic mass is 16.1. The third-order valence-electron chi connectivity index (χ3n) is 1.57. The van der Waals surface area contributed by atoms with Crippen molar-refractivity contribution in [2.45, 2.75) is 38.1 Å². The largest absolute Gasteiger partial charge is 0.321 e. The second kappa shape index (κ2) is 7.48. The summed E-state index contributed by atoms with van der Waals surface area (Å²) in [5, 5.41) is 0. The van der Waals surface area contributed by atoms with Crippen LogP contribution >= 0.6 is 0 Å². The van der Waals surface area contributed by atoms with Crippen molar-refractivity contribution in [3.05, 3.63) is 12.7 Å². The van der Waals surface area contributed by atoms with Crippen LogP contribution in [0.15, 0.2) is 12.7 Å². The fraction of sp³-hybridized carbons (Fsp3) is 0.667. The van der Waals surface area contributed by atoms with Crippen LogP contribution in [-0.4, -0.2) is 12.3 Å². The van der Waals surface area contributed by atoms with Crippen LogP contribution < -0.4 is 5.73 Å². The predicted molar refractivity (Wildman–Crippen MR) is 47.0 cm³/mol. The lowest BCUT2D eigenvalue weighted by atomic mass is 10.1. The lowest BCUT2D eigenvalue weighted by molar-refractivity contribution is 0.527. The lowest BCUT2D eigenvalue weighted by Crippen LogP contribution is -2.20. The van der Waals surface area contributed by atoms with Crippen LogP contribution in [0.4, 0.5) is 0 Å². The van der Waals surface area contributed by atoms with Crippen molar-refractivity contribution < 1.29 is 4.79 Å². The van der Waals surface area contributed by atoms with E-state index in [-0.39, 0.29) is 6.04 Å². The van der Waals surface area contributed by atoms with Gasteiger partial charge in [0.05, 0.1) is 6.04 Å². The molecular weight excluding hydrogens is 138 g/mol. The van der Waals surface area contributed by atoms with E-state index < -0.39 is 0 Å². The summed E-state index contributed by atoms with van der Waals surface area (Å²) >= 11 is 0. The summed E-state index contributed by atoms with van der Waals surface area (Å²) in [6, 6.07) is -0.376. The molecule has 1 radical (unpaired) electrons. The van der Waals surface area contributed by atoms with Gasteiger partial charge in [0.2, 0.25) is 6.29 Å². The molecule has 0 spiro atoms. The number of allylic oxidation sites excluding steroid dienone is 1. The van der Waals surface area contributed by atoms with Gasteiger partial charge < -0.3 is 5.73 Å². The van der Waals surface area contributed by atoms with E-state index in [1.54, 1.807) is 6.29 Å². The topological polar surface area (TPSA) is 43.1 Å². The first-order valence-electron chi connectivity index (χ1n) is 4.05. The van der Waals surface area contributed by atoms with Gasteiger partial charge in [0, 0.05) is 0 Å². The second-order valence-electron chi connectivity index (χ2n) is 2.65. The molecule has 63 valence electrons.